The van der Waals surface area contributed by atoms with Crippen molar-refractivity contribution in [3.63, 3.8) is 0 Å². The summed E-state index contributed by atoms with van der Waals surface area (Å²) in [7, 11) is 0. The second kappa shape index (κ2) is 6.18. The van der Waals surface area contributed by atoms with Crippen molar-refractivity contribution in [3.8, 4) is 11.3 Å². The second-order valence-corrected chi connectivity index (χ2v) is 4.49. The van der Waals surface area contributed by atoms with Crippen LogP contribution in [-0.2, 0) is 0 Å². The summed E-state index contributed by atoms with van der Waals surface area (Å²) in [5.74, 6) is 0. The van der Waals surface area contributed by atoms with Gasteiger partial charge in [0.2, 0.25) is 0 Å². The van der Waals surface area contributed by atoms with E-state index in [1.54, 1.807) is 5.38 Å². The van der Waals surface area contributed by atoms with Crippen LogP contribution in [0.1, 0.15) is 0 Å². The molecule has 82 valence electrons. The Morgan fingerprint density at radius 3 is 2.29 bits per heavy atom. The van der Waals surface area contributed by atoms with Gasteiger partial charge in [-0.1, -0.05) is 0 Å². The molecule has 0 N–H and O–H groups in total. The molecule has 0 aliphatic heterocycles. The Morgan fingerprint density at radius 2 is 1.88 bits per heavy atom. The summed E-state index contributed by atoms with van der Waals surface area (Å²) in [6, 6.07) is 5.78. The molecule has 0 saturated heterocycles. The molecule has 1 aromatic carbocycles. The SMILES string of the molecule is O=[N+]([O-])c1ccc(-c2csc(=S)n2[O-])cc1.[K+]. The first-order valence-corrected chi connectivity index (χ1v) is 5.51. The Bertz CT molecular complexity index is 591. The zero-order valence-electron chi connectivity index (χ0n) is 8.82. The molecule has 5 nitrogen and oxygen atoms in total. The minimum absolute atomic E-state index is 0. The van der Waals surface area contributed by atoms with E-state index in [0.717, 1.165) is 0 Å². The fourth-order valence-electron chi connectivity index (χ4n) is 1.24. The number of nitrogens with zero attached hydrogens (tertiary/aromatic N) is 2. The summed E-state index contributed by atoms with van der Waals surface area (Å²) in [6.45, 7) is 0. The number of non-ortho nitro benzene ring substituents is 1. The van der Waals surface area contributed by atoms with Crippen molar-refractivity contribution in [2.45, 2.75) is 0 Å². The number of thiazole rings is 1. The third-order valence-corrected chi connectivity index (χ3v) is 3.19. The third-order valence-electron chi connectivity index (χ3n) is 2.03. The van der Waals surface area contributed by atoms with E-state index in [0.29, 0.717) is 16.0 Å². The molecule has 0 aliphatic carbocycles. The summed E-state index contributed by atoms with van der Waals surface area (Å²) in [5.41, 5.74) is 1.04. The monoisotopic (exact) mass is 292 g/mol. The zero-order chi connectivity index (χ0) is 11.7. The van der Waals surface area contributed by atoms with E-state index in [4.69, 9.17) is 12.2 Å². The number of rotatable bonds is 2. The van der Waals surface area contributed by atoms with Crippen molar-refractivity contribution >= 4 is 29.2 Å². The molecular formula is C9H5KN2O3S2. The number of nitro groups is 1. The van der Waals surface area contributed by atoms with E-state index in [1.807, 2.05) is 0 Å². The number of hydrogen-bond acceptors (Lipinski definition) is 5. The minimum atomic E-state index is -0.485. The summed E-state index contributed by atoms with van der Waals surface area (Å²) < 4.78 is 0.870. The molecule has 0 aliphatic rings. The van der Waals surface area contributed by atoms with Gasteiger partial charge in [0.05, 0.1) is 10.6 Å². The van der Waals surface area contributed by atoms with Gasteiger partial charge < -0.3 is 9.94 Å². The average Bonchev–Trinajstić information content (AvgIpc) is 2.60. The molecular weight excluding hydrogens is 287 g/mol. The van der Waals surface area contributed by atoms with Crippen molar-refractivity contribution in [1.29, 1.82) is 0 Å². The van der Waals surface area contributed by atoms with E-state index in [-0.39, 0.29) is 61.0 Å². The minimum Gasteiger partial charge on any atom is -0.804 e. The Labute approximate surface area is 148 Å². The predicted octanol–water partition coefficient (Wildman–Crippen LogP) is 0.204. The van der Waals surface area contributed by atoms with Gasteiger partial charge >= 0.3 is 51.4 Å². The molecule has 1 aromatic heterocycles. The van der Waals surface area contributed by atoms with Gasteiger partial charge in [-0.25, -0.2) is 0 Å². The molecule has 2 rings (SSSR count). The Hall–Kier alpha value is -0.0936. The molecule has 0 saturated carbocycles. The molecule has 0 bridgehead atoms. The van der Waals surface area contributed by atoms with Crippen LogP contribution in [0.3, 0.4) is 0 Å². The zero-order valence-corrected chi connectivity index (χ0v) is 13.6. The van der Waals surface area contributed by atoms with Crippen molar-refractivity contribution in [2.24, 2.45) is 0 Å². The van der Waals surface area contributed by atoms with Crippen molar-refractivity contribution in [3.05, 3.63) is 48.9 Å². The molecule has 17 heavy (non-hydrogen) atoms. The van der Waals surface area contributed by atoms with Crippen LogP contribution in [0.15, 0.2) is 29.6 Å². The number of nitro benzene ring substituents is 1. The van der Waals surface area contributed by atoms with Gasteiger partial charge in [0, 0.05) is 17.5 Å². The molecule has 0 fully saturated rings. The first-order chi connectivity index (χ1) is 7.59. The van der Waals surface area contributed by atoms with Gasteiger partial charge in [-0.2, -0.15) is 0 Å². The molecule has 0 unspecified atom stereocenters. The van der Waals surface area contributed by atoms with E-state index in [1.165, 1.54) is 35.6 Å². The second-order valence-electron chi connectivity index (χ2n) is 2.99. The van der Waals surface area contributed by atoms with Gasteiger partial charge in [0.1, 0.15) is 0 Å². The van der Waals surface area contributed by atoms with Gasteiger partial charge in [0.25, 0.3) is 5.69 Å². The third kappa shape index (κ3) is 3.22. The van der Waals surface area contributed by atoms with E-state index in [9.17, 15) is 15.3 Å². The number of aromatic nitrogens is 1. The predicted molar refractivity (Wildman–Crippen MR) is 64.0 cm³/mol. The van der Waals surface area contributed by atoms with Crippen LogP contribution < -0.4 is 51.4 Å². The van der Waals surface area contributed by atoms with Crippen molar-refractivity contribution in [2.75, 3.05) is 0 Å². The first-order valence-electron chi connectivity index (χ1n) is 4.22. The molecule has 0 spiro atoms. The summed E-state index contributed by atoms with van der Waals surface area (Å²) >= 11 is 5.97. The van der Waals surface area contributed by atoms with Crippen LogP contribution in [0, 0.1) is 19.3 Å². The van der Waals surface area contributed by atoms with Crippen LogP contribution >= 0.6 is 23.6 Å². The van der Waals surface area contributed by atoms with Crippen LogP contribution in [-0.4, -0.2) is 9.65 Å². The van der Waals surface area contributed by atoms with Crippen molar-refractivity contribution < 1.29 is 56.3 Å². The van der Waals surface area contributed by atoms with Gasteiger partial charge in [-0.05, 0) is 29.9 Å². The quantitative estimate of drug-likeness (QED) is 0.343. The molecule has 8 heteroatoms. The smallest absolute Gasteiger partial charge is 0.804 e. The molecule has 2 aromatic rings. The van der Waals surface area contributed by atoms with Gasteiger partial charge in [-0.15, -0.1) is 11.3 Å². The first kappa shape index (κ1) is 15.0. The van der Waals surface area contributed by atoms with Crippen LogP contribution in [0.25, 0.3) is 11.3 Å². The Kier molecular flexibility index (Phi) is 5.44. The Balaban J connectivity index is 0.00000144. The normalized spacial score (nSPS) is 9.65. The summed E-state index contributed by atoms with van der Waals surface area (Å²) in [4.78, 5) is 9.96. The van der Waals surface area contributed by atoms with E-state index in [2.05, 4.69) is 0 Å². The van der Waals surface area contributed by atoms with Crippen LogP contribution in [0.5, 0.6) is 0 Å². The topological polar surface area (TPSA) is 71.1 Å². The van der Waals surface area contributed by atoms with Crippen LogP contribution in [0.2, 0.25) is 0 Å². The van der Waals surface area contributed by atoms with E-state index >= 15 is 0 Å². The Morgan fingerprint density at radius 1 is 1.29 bits per heavy atom. The maximum atomic E-state index is 11.5. The standard InChI is InChI=1S/C9H5N2O3S2.K/c12-10-8(5-16-9(10)15)6-1-3-7(4-2-6)11(13)14;/h1-5H;/q-1;+1. The summed E-state index contributed by atoms with van der Waals surface area (Å²) in [6.07, 6.45) is 0. The van der Waals surface area contributed by atoms with Gasteiger partial charge in [0.15, 0.2) is 3.95 Å². The molecule has 0 amide bonds. The molecule has 0 atom stereocenters. The molecule has 0 radical (unpaired) electrons. The molecule has 1 heterocycles. The van der Waals surface area contributed by atoms with Crippen LogP contribution in [0.4, 0.5) is 5.69 Å². The maximum Gasteiger partial charge on any atom is 1.00 e. The maximum absolute atomic E-state index is 11.5. The number of hydrogen-bond donors (Lipinski definition) is 0. The van der Waals surface area contributed by atoms with Gasteiger partial charge in [-0.3, -0.25) is 10.1 Å². The van der Waals surface area contributed by atoms with Crippen molar-refractivity contribution in [1.82, 2.24) is 4.73 Å². The largest absolute Gasteiger partial charge is 1.00 e. The average molecular weight is 292 g/mol. The number of benzene rings is 1. The van der Waals surface area contributed by atoms with E-state index < -0.39 is 4.92 Å². The fraction of sp³-hybridized carbons (Fsp3) is 0. The fourth-order valence-corrected chi connectivity index (χ4v) is 2.12. The summed E-state index contributed by atoms with van der Waals surface area (Å²) in [5, 5.41) is 23.6.